The van der Waals surface area contributed by atoms with Crippen LogP contribution < -0.4 is 16.2 Å². The maximum Gasteiger partial charge on any atom is 0.248 e. The van der Waals surface area contributed by atoms with E-state index in [1.165, 1.54) is 18.2 Å². The summed E-state index contributed by atoms with van der Waals surface area (Å²) in [5.74, 6) is -1.06. The summed E-state index contributed by atoms with van der Waals surface area (Å²) in [5, 5.41) is 9.43. The number of primary amides is 1. The molecule has 5 nitrogen and oxygen atoms in total. The summed E-state index contributed by atoms with van der Waals surface area (Å²) in [6.45, 7) is -0.138. The third-order valence-electron chi connectivity index (χ3n) is 2.76. The number of anilines is 1. The number of hydrogen-bond donors (Lipinski definition) is 3. The first kappa shape index (κ1) is 13.7. The lowest BCUT2D eigenvalue weighted by Crippen LogP contribution is -2.12. The zero-order chi connectivity index (χ0) is 14.7. The lowest BCUT2D eigenvalue weighted by Gasteiger charge is -2.11. The number of carbonyl (C=O) groups is 1. The number of rotatable bonds is 4. The zero-order valence-electron chi connectivity index (χ0n) is 10.5. The Morgan fingerprint density at radius 2 is 2.05 bits per heavy atom. The number of carbonyl (C=O) groups excluding carboxylic acids is 1. The summed E-state index contributed by atoms with van der Waals surface area (Å²) in [7, 11) is 0. The number of phenols is 1. The average Bonchev–Trinajstić information content (AvgIpc) is 2.41. The Morgan fingerprint density at radius 3 is 2.75 bits per heavy atom. The van der Waals surface area contributed by atoms with Crippen molar-refractivity contribution < 1.29 is 19.0 Å². The van der Waals surface area contributed by atoms with E-state index in [-0.39, 0.29) is 34.9 Å². The molecular formula is C14H13FN2O3. The molecule has 104 valence electrons. The topological polar surface area (TPSA) is 98.6 Å². The molecule has 2 rings (SSSR count). The molecule has 0 radical (unpaired) electrons. The molecule has 0 aliphatic rings. The molecule has 0 bridgehead atoms. The van der Waals surface area contributed by atoms with Crippen LogP contribution in [-0.4, -0.2) is 11.0 Å². The van der Waals surface area contributed by atoms with Crippen LogP contribution in [0.25, 0.3) is 0 Å². The Hall–Kier alpha value is -2.76. The second-order valence-electron chi connectivity index (χ2n) is 4.15. The van der Waals surface area contributed by atoms with Gasteiger partial charge in [0.05, 0.1) is 0 Å². The molecule has 0 heterocycles. The summed E-state index contributed by atoms with van der Waals surface area (Å²) >= 11 is 0. The van der Waals surface area contributed by atoms with Gasteiger partial charge in [-0.3, -0.25) is 4.79 Å². The molecular weight excluding hydrogens is 263 g/mol. The fraction of sp³-hybridized carbons (Fsp3) is 0.0714. The van der Waals surface area contributed by atoms with Gasteiger partial charge in [-0.15, -0.1) is 0 Å². The molecule has 0 aliphatic heterocycles. The van der Waals surface area contributed by atoms with E-state index in [2.05, 4.69) is 0 Å². The number of amides is 1. The highest BCUT2D eigenvalue weighted by Gasteiger charge is 2.10. The molecule has 0 aliphatic carbocycles. The molecule has 2 aromatic rings. The van der Waals surface area contributed by atoms with Crippen molar-refractivity contribution in [2.45, 2.75) is 6.61 Å². The molecule has 5 N–H and O–H groups in total. The molecule has 1 amide bonds. The van der Waals surface area contributed by atoms with Crippen LogP contribution >= 0.6 is 0 Å². The van der Waals surface area contributed by atoms with E-state index in [1.807, 2.05) is 0 Å². The predicted octanol–water partition coefficient (Wildman–Crippen LogP) is 1.79. The number of para-hydroxylation sites is 1. The van der Waals surface area contributed by atoms with Crippen molar-refractivity contribution in [1.82, 2.24) is 0 Å². The first-order chi connectivity index (χ1) is 9.49. The van der Waals surface area contributed by atoms with Gasteiger partial charge in [0.25, 0.3) is 0 Å². The highest BCUT2D eigenvalue weighted by atomic mass is 19.1. The van der Waals surface area contributed by atoms with Crippen molar-refractivity contribution in [3.05, 3.63) is 53.3 Å². The summed E-state index contributed by atoms with van der Waals surface area (Å²) in [5.41, 5.74) is 11.2. The summed E-state index contributed by atoms with van der Waals surface area (Å²) in [6, 6.07) is 8.27. The van der Waals surface area contributed by atoms with Crippen molar-refractivity contribution in [3.8, 4) is 11.5 Å². The number of nitrogen functional groups attached to an aromatic ring is 1. The van der Waals surface area contributed by atoms with Crippen LogP contribution in [0.2, 0.25) is 0 Å². The minimum absolute atomic E-state index is 0.0685. The van der Waals surface area contributed by atoms with E-state index in [4.69, 9.17) is 16.2 Å². The van der Waals surface area contributed by atoms with E-state index >= 15 is 0 Å². The number of halogens is 1. The number of benzene rings is 2. The van der Waals surface area contributed by atoms with Gasteiger partial charge in [0.2, 0.25) is 5.91 Å². The molecule has 2 aromatic carbocycles. The highest BCUT2D eigenvalue weighted by Crippen LogP contribution is 2.30. The molecule has 0 atom stereocenters. The molecule has 6 heteroatoms. The Balaban J connectivity index is 2.20. The minimum Gasteiger partial charge on any atom is -0.506 e. The molecule has 0 fully saturated rings. The normalized spacial score (nSPS) is 10.2. The number of nitrogens with two attached hydrogens (primary N) is 2. The van der Waals surface area contributed by atoms with Crippen molar-refractivity contribution in [1.29, 1.82) is 0 Å². The van der Waals surface area contributed by atoms with Crippen LogP contribution in [0.1, 0.15) is 15.9 Å². The third kappa shape index (κ3) is 2.80. The second-order valence-corrected chi connectivity index (χ2v) is 4.15. The predicted molar refractivity (Wildman–Crippen MR) is 71.8 cm³/mol. The van der Waals surface area contributed by atoms with Crippen LogP contribution in [0.4, 0.5) is 10.1 Å². The number of phenolic OH excluding ortho intramolecular Hbond substituents is 1. The van der Waals surface area contributed by atoms with Crippen molar-refractivity contribution >= 4 is 11.6 Å². The largest absolute Gasteiger partial charge is 0.506 e. The monoisotopic (exact) mass is 276 g/mol. The van der Waals surface area contributed by atoms with E-state index in [0.29, 0.717) is 0 Å². The number of ether oxygens (including phenoxy) is 1. The maximum atomic E-state index is 13.6. The van der Waals surface area contributed by atoms with E-state index in [1.54, 1.807) is 12.1 Å². The average molecular weight is 276 g/mol. The first-order valence-electron chi connectivity index (χ1n) is 5.77. The van der Waals surface area contributed by atoms with Crippen LogP contribution in [0.5, 0.6) is 11.5 Å². The van der Waals surface area contributed by atoms with E-state index in [9.17, 15) is 14.3 Å². The smallest absolute Gasteiger partial charge is 0.248 e. The van der Waals surface area contributed by atoms with Crippen molar-refractivity contribution in [2.24, 2.45) is 5.73 Å². The summed E-state index contributed by atoms with van der Waals surface area (Å²) in [4.78, 5) is 11.0. The van der Waals surface area contributed by atoms with Gasteiger partial charge in [0, 0.05) is 11.1 Å². The molecule has 0 saturated heterocycles. The van der Waals surface area contributed by atoms with Gasteiger partial charge in [-0.25, -0.2) is 4.39 Å². The molecule has 0 aromatic heterocycles. The number of hydrogen-bond acceptors (Lipinski definition) is 4. The first-order valence-corrected chi connectivity index (χ1v) is 5.77. The molecule has 0 spiro atoms. The Labute approximate surface area is 114 Å². The van der Waals surface area contributed by atoms with Gasteiger partial charge in [-0.2, -0.15) is 0 Å². The summed E-state index contributed by atoms with van der Waals surface area (Å²) < 4.78 is 18.9. The maximum absolute atomic E-state index is 13.6. The van der Waals surface area contributed by atoms with E-state index in [0.717, 1.165) is 6.07 Å². The molecule has 0 saturated carbocycles. The van der Waals surface area contributed by atoms with Gasteiger partial charge in [0.1, 0.15) is 29.6 Å². The fourth-order valence-corrected chi connectivity index (χ4v) is 1.65. The van der Waals surface area contributed by atoms with Gasteiger partial charge in [0.15, 0.2) is 0 Å². The fourth-order valence-electron chi connectivity index (χ4n) is 1.65. The van der Waals surface area contributed by atoms with Gasteiger partial charge in [-0.05, 0) is 30.3 Å². The molecule has 0 unspecified atom stereocenters. The van der Waals surface area contributed by atoms with Gasteiger partial charge in [-0.1, -0.05) is 6.07 Å². The van der Waals surface area contributed by atoms with Crippen LogP contribution in [-0.2, 0) is 6.61 Å². The van der Waals surface area contributed by atoms with Crippen molar-refractivity contribution in [3.63, 3.8) is 0 Å². The minimum atomic E-state index is -0.650. The lowest BCUT2D eigenvalue weighted by molar-refractivity contribution is 0.1000. The zero-order valence-corrected chi connectivity index (χ0v) is 10.5. The van der Waals surface area contributed by atoms with Crippen LogP contribution in [0, 0.1) is 5.82 Å². The highest BCUT2D eigenvalue weighted by molar-refractivity contribution is 5.92. The third-order valence-corrected chi connectivity index (χ3v) is 2.76. The Kier molecular flexibility index (Phi) is 3.74. The SMILES string of the molecule is NC(=O)c1ccc(F)c(COc2cccc(O)c2N)c1. The van der Waals surface area contributed by atoms with Gasteiger partial charge < -0.3 is 21.3 Å². The standard InChI is InChI=1S/C14H13FN2O3/c15-10-5-4-8(14(17)19)6-9(10)7-20-12-3-1-2-11(18)13(12)16/h1-6,18H,7,16H2,(H2,17,19). The Bertz CT molecular complexity index is 659. The van der Waals surface area contributed by atoms with Gasteiger partial charge >= 0.3 is 0 Å². The quantitative estimate of drug-likeness (QED) is 0.585. The van der Waals surface area contributed by atoms with E-state index < -0.39 is 11.7 Å². The van der Waals surface area contributed by atoms with Crippen LogP contribution in [0.3, 0.4) is 0 Å². The Morgan fingerprint density at radius 1 is 1.30 bits per heavy atom. The van der Waals surface area contributed by atoms with Crippen LogP contribution in [0.15, 0.2) is 36.4 Å². The second kappa shape index (κ2) is 5.48. The number of aromatic hydroxyl groups is 1. The van der Waals surface area contributed by atoms with Crippen molar-refractivity contribution in [2.75, 3.05) is 5.73 Å². The summed E-state index contributed by atoms with van der Waals surface area (Å²) in [6.07, 6.45) is 0. The lowest BCUT2D eigenvalue weighted by atomic mass is 10.1. The molecule has 20 heavy (non-hydrogen) atoms.